The molecule has 0 bridgehead atoms. The van der Waals surface area contributed by atoms with Gasteiger partial charge in [0, 0.05) is 54.8 Å². The number of aromatic nitrogens is 3. The number of hydrogen-bond donors (Lipinski definition) is 0. The van der Waals surface area contributed by atoms with Crippen molar-refractivity contribution in [2.75, 3.05) is 0 Å². The fourth-order valence-corrected chi connectivity index (χ4v) is 7.56. The van der Waals surface area contributed by atoms with Crippen LogP contribution in [0.3, 0.4) is 0 Å². The van der Waals surface area contributed by atoms with E-state index in [2.05, 4.69) is 157 Å². The van der Waals surface area contributed by atoms with Crippen molar-refractivity contribution in [1.29, 1.82) is 0 Å². The zero-order valence-corrected chi connectivity index (χ0v) is 27.3. The van der Waals surface area contributed by atoms with Crippen molar-refractivity contribution in [1.82, 2.24) is 15.0 Å². The SMILES string of the molecule is c1ccc(-c2cccc(-c3cc(-c4ccc(-c5ccc6sc7ccccc7c6c5)cc4)nc(-c4cccc(-c5cccnc5)c4)n3)c2)cc1. The Balaban J connectivity index is 1.14. The highest BCUT2D eigenvalue weighted by Gasteiger charge is 2.13. The number of hydrogen-bond acceptors (Lipinski definition) is 4. The van der Waals surface area contributed by atoms with Gasteiger partial charge in [0.05, 0.1) is 11.4 Å². The number of rotatable bonds is 6. The van der Waals surface area contributed by atoms with Crippen LogP contribution in [-0.4, -0.2) is 15.0 Å². The first kappa shape index (κ1) is 29.0. The quantitative estimate of drug-likeness (QED) is 0.181. The van der Waals surface area contributed by atoms with E-state index in [4.69, 9.17) is 9.97 Å². The van der Waals surface area contributed by atoms with Crippen molar-refractivity contribution in [3.63, 3.8) is 0 Å². The summed E-state index contributed by atoms with van der Waals surface area (Å²) in [6.07, 6.45) is 3.68. The highest BCUT2D eigenvalue weighted by molar-refractivity contribution is 7.25. The maximum atomic E-state index is 5.16. The van der Waals surface area contributed by atoms with Crippen molar-refractivity contribution in [3.05, 3.63) is 176 Å². The Bertz CT molecular complexity index is 2490. The second-order valence-corrected chi connectivity index (χ2v) is 13.2. The molecule has 4 heteroatoms. The largest absolute Gasteiger partial charge is 0.264 e. The minimum atomic E-state index is 0.683. The molecule has 0 unspecified atom stereocenters. The van der Waals surface area contributed by atoms with Crippen LogP contribution in [0.1, 0.15) is 0 Å². The molecule has 0 saturated heterocycles. The summed E-state index contributed by atoms with van der Waals surface area (Å²) in [6.45, 7) is 0. The summed E-state index contributed by atoms with van der Waals surface area (Å²) in [5, 5.41) is 2.62. The molecule has 0 radical (unpaired) electrons. The zero-order chi connectivity index (χ0) is 32.6. The summed E-state index contributed by atoms with van der Waals surface area (Å²) >= 11 is 1.85. The van der Waals surface area contributed by atoms with Gasteiger partial charge in [-0.25, -0.2) is 9.97 Å². The van der Waals surface area contributed by atoms with Crippen molar-refractivity contribution in [2.45, 2.75) is 0 Å². The summed E-state index contributed by atoms with van der Waals surface area (Å²) in [5.74, 6) is 0.683. The minimum Gasteiger partial charge on any atom is -0.264 e. The molecular formula is C45H29N3S. The van der Waals surface area contributed by atoms with Crippen LogP contribution in [0.4, 0.5) is 0 Å². The molecule has 3 heterocycles. The van der Waals surface area contributed by atoms with E-state index in [0.29, 0.717) is 5.82 Å². The molecule has 9 aromatic rings. The first-order valence-corrected chi connectivity index (χ1v) is 17.1. The van der Waals surface area contributed by atoms with Crippen LogP contribution in [0.2, 0.25) is 0 Å². The van der Waals surface area contributed by atoms with Crippen LogP contribution in [0.5, 0.6) is 0 Å². The van der Waals surface area contributed by atoms with Gasteiger partial charge in [-0.1, -0.05) is 121 Å². The van der Waals surface area contributed by atoms with Gasteiger partial charge in [-0.05, 0) is 70.3 Å². The Labute approximate surface area is 288 Å². The van der Waals surface area contributed by atoms with Gasteiger partial charge in [-0.15, -0.1) is 11.3 Å². The second kappa shape index (κ2) is 12.4. The fraction of sp³-hybridized carbons (Fsp3) is 0. The van der Waals surface area contributed by atoms with Gasteiger partial charge >= 0.3 is 0 Å². The minimum absolute atomic E-state index is 0.683. The molecule has 0 amide bonds. The molecule has 0 N–H and O–H groups in total. The number of thiophene rings is 1. The second-order valence-electron chi connectivity index (χ2n) is 12.1. The molecule has 0 aliphatic rings. The maximum absolute atomic E-state index is 5.16. The molecule has 3 nitrogen and oxygen atoms in total. The van der Waals surface area contributed by atoms with Gasteiger partial charge in [0.2, 0.25) is 0 Å². The summed E-state index contributed by atoms with van der Waals surface area (Å²) in [5.41, 5.74) is 11.6. The Kier molecular flexibility index (Phi) is 7.34. The first-order valence-electron chi connectivity index (χ1n) is 16.3. The molecule has 9 rings (SSSR count). The number of pyridine rings is 1. The van der Waals surface area contributed by atoms with Crippen molar-refractivity contribution in [2.24, 2.45) is 0 Å². The van der Waals surface area contributed by atoms with Crippen LogP contribution in [-0.2, 0) is 0 Å². The van der Waals surface area contributed by atoms with E-state index in [-0.39, 0.29) is 0 Å². The molecule has 49 heavy (non-hydrogen) atoms. The average Bonchev–Trinajstić information content (AvgIpc) is 3.57. The molecule has 6 aromatic carbocycles. The van der Waals surface area contributed by atoms with Crippen LogP contribution >= 0.6 is 11.3 Å². The molecule has 0 spiro atoms. The van der Waals surface area contributed by atoms with Crippen LogP contribution < -0.4 is 0 Å². The highest BCUT2D eigenvalue weighted by atomic mass is 32.1. The lowest BCUT2D eigenvalue weighted by atomic mass is 9.99. The highest BCUT2D eigenvalue weighted by Crippen LogP contribution is 2.37. The topological polar surface area (TPSA) is 38.7 Å². The normalized spacial score (nSPS) is 11.3. The van der Waals surface area contributed by atoms with E-state index in [1.807, 2.05) is 29.7 Å². The van der Waals surface area contributed by atoms with Crippen molar-refractivity contribution in [3.8, 4) is 67.3 Å². The van der Waals surface area contributed by atoms with E-state index in [0.717, 1.165) is 44.8 Å². The molecule has 0 fully saturated rings. The van der Waals surface area contributed by atoms with Gasteiger partial charge in [0.15, 0.2) is 5.82 Å². The zero-order valence-electron chi connectivity index (χ0n) is 26.5. The first-order chi connectivity index (χ1) is 24.2. The number of nitrogens with zero attached hydrogens (tertiary/aromatic N) is 3. The molecule has 230 valence electrons. The molecule has 0 atom stereocenters. The predicted octanol–water partition coefficient (Wildman–Crippen LogP) is 12.2. The van der Waals surface area contributed by atoms with Crippen LogP contribution in [0.15, 0.2) is 176 Å². The Morgan fingerprint density at radius 1 is 0.347 bits per heavy atom. The predicted molar refractivity (Wildman–Crippen MR) is 205 cm³/mol. The number of benzene rings is 6. The Hall–Kier alpha value is -6.23. The lowest BCUT2D eigenvalue weighted by Crippen LogP contribution is -1.96. The monoisotopic (exact) mass is 643 g/mol. The third-order valence-electron chi connectivity index (χ3n) is 9.00. The van der Waals surface area contributed by atoms with Gasteiger partial charge < -0.3 is 0 Å². The molecule has 3 aromatic heterocycles. The third-order valence-corrected chi connectivity index (χ3v) is 10.1. The van der Waals surface area contributed by atoms with E-state index < -0.39 is 0 Å². The Morgan fingerprint density at radius 2 is 0.918 bits per heavy atom. The van der Waals surface area contributed by atoms with Crippen LogP contribution in [0, 0.1) is 0 Å². The summed E-state index contributed by atoms with van der Waals surface area (Å²) in [7, 11) is 0. The van der Waals surface area contributed by atoms with Gasteiger partial charge in [0.1, 0.15) is 0 Å². The van der Waals surface area contributed by atoms with Gasteiger partial charge in [-0.3, -0.25) is 4.98 Å². The smallest absolute Gasteiger partial charge is 0.160 e. The van der Waals surface area contributed by atoms with E-state index in [9.17, 15) is 0 Å². The Morgan fingerprint density at radius 3 is 1.73 bits per heavy atom. The van der Waals surface area contributed by atoms with Gasteiger partial charge in [-0.2, -0.15) is 0 Å². The maximum Gasteiger partial charge on any atom is 0.160 e. The third kappa shape index (κ3) is 5.69. The van der Waals surface area contributed by atoms with E-state index in [1.54, 1.807) is 6.20 Å². The molecule has 0 aliphatic heterocycles. The molecular weight excluding hydrogens is 615 g/mol. The van der Waals surface area contributed by atoms with E-state index >= 15 is 0 Å². The van der Waals surface area contributed by atoms with E-state index in [1.165, 1.54) is 36.9 Å². The fourth-order valence-electron chi connectivity index (χ4n) is 6.47. The van der Waals surface area contributed by atoms with Crippen molar-refractivity contribution >= 4 is 31.5 Å². The summed E-state index contributed by atoms with van der Waals surface area (Å²) in [4.78, 5) is 14.6. The molecule has 0 saturated carbocycles. The van der Waals surface area contributed by atoms with Gasteiger partial charge in [0.25, 0.3) is 0 Å². The number of fused-ring (bicyclic) bond motifs is 3. The lowest BCUT2D eigenvalue weighted by Gasteiger charge is -2.12. The van der Waals surface area contributed by atoms with Crippen LogP contribution in [0.25, 0.3) is 87.5 Å². The lowest BCUT2D eigenvalue weighted by molar-refractivity contribution is 1.18. The summed E-state index contributed by atoms with van der Waals surface area (Å²) in [6, 6.07) is 57.8. The molecule has 0 aliphatic carbocycles. The average molecular weight is 644 g/mol. The standard InChI is InChI=1S/C45H29N3S/c1-2-9-30(10-3-1)33-11-6-13-36(25-33)42-28-41(47-45(48-42)37-14-7-12-34(26-37)38-15-8-24-46-29-38)32-20-18-31(19-21-32)35-22-23-44-40(27-35)39-16-4-5-17-43(39)49-44/h1-29H. The summed E-state index contributed by atoms with van der Waals surface area (Å²) < 4.78 is 2.63. The van der Waals surface area contributed by atoms with Crippen molar-refractivity contribution < 1.29 is 0 Å².